The number of benzene rings is 1. The van der Waals surface area contributed by atoms with Gasteiger partial charge in [-0.25, -0.2) is 4.68 Å². The molecule has 4 aromatic rings. The van der Waals surface area contributed by atoms with Gasteiger partial charge in [-0.1, -0.05) is 35.5 Å². The first kappa shape index (κ1) is 13.8. The predicted molar refractivity (Wildman–Crippen MR) is 92.6 cm³/mol. The van der Waals surface area contributed by atoms with Crippen LogP contribution in [0.5, 0.6) is 0 Å². The molecule has 0 unspecified atom stereocenters. The first-order valence-electron chi connectivity index (χ1n) is 7.30. The molecule has 0 bridgehead atoms. The second-order valence-corrected chi connectivity index (χ2v) is 6.14. The smallest absolute Gasteiger partial charge is 0.120 e. The highest BCUT2D eigenvalue weighted by Gasteiger charge is 2.10. The average molecular weight is 318 g/mol. The van der Waals surface area contributed by atoms with Crippen molar-refractivity contribution in [3.05, 3.63) is 71.9 Å². The number of hydrogen-bond acceptors (Lipinski definition) is 4. The number of hydrogen-bond donors (Lipinski definition) is 0. The molecule has 0 spiro atoms. The standard InChI is InChI=1S/C18H14N4S/c1-13-6-2-3-7-15(13)17-11-22(21-20-17)18-10-14(12-23-18)16-8-4-5-9-19-16/h2-12H,1H3. The Morgan fingerprint density at radius 3 is 2.70 bits per heavy atom. The normalized spacial score (nSPS) is 10.8. The monoisotopic (exact) mass is 318 g/mol. The molecule has 4 rings (SSSR count). The van der Waals surface area contributed by atoms with Gasteiger partial charge in [-0.05, 0) is 30.7 Å². The summed E-state index contributed by atoms with van der Waals surface area (Å²) in [4.78, 5) is 4.38. The first-order valence-corrected chi connectivity index (χ1v) is 8.18. The van der Waals surface area contributed by atoms with E-state index in [0.29, 0.717) is 0 Å². The Labute approximate surface area is 138 Å². The fourth-order valence-corrected chi connectivity index (χ4v) is 3.30. The Balaban J connectivity index is 1.68. The van der Waals surface area contributed by atoms with Crippen LogP contribution >= 0.6 is 11.3 Å². The summed E-state index contributed by atoms with van der Waals surface area (Å²) in [6.07, 6.45) is 3.77. The van der Waals surface area contributed by atoms with Crippen molar-refractivity contribution in [3.63, 3.8) is 0 Å². The number of nitrogens with zero attached hydrogens (tertiary/aromatic N) is 4. The fraction of sp³-hybridized carbons (Fsp3) is 0.0556. The Kier molecular flexibility index (Phi) is 3.48. The van der Waals surface area contributed by atoms with Gasteiger partial charge in [-0.15, -0.1) is 16.4 Å². The number of pyridine rings is 1. The summed E-state index contributed by atoms with van der Waals surface area (Å²) in [7, 11) is 0. The quantitative estimate of drug-likeness (QED) is 0.563. The molecular formula is C18H14N4S. The van der Waals surface area contributed by atoms with Crippen molar-refractivity contribution in [2.75, 3.05) is 0 Å². The van der Waals surface area contributed by atoms with Gasteiger partial charge in [0.1, 0.15) is 10.7 Å². The average Bonchev–Trinajstić information content (AvgIpc) is 3.25. The van der Waals surface area contributed by atoms with Crippen LogP contribution in [0.4, 0.5) is 0 Å². The summed E-state index contributed by atoms with van der Waals surface area (Å²) in [5.41, 5.74) is 5.25. The maximum absolute atomic E-state index is 4.38. The lowest BCUT2D eigenvalue weighted by molar-refractivity contribution is 0.815. The first-order chi connectivity index (χ1) is 11.3. The molecule has 0 saturated carbocycles. The van der Waals surface area contributed by atoms with E-state index in [0.717, 1.165) is 27.5 Å². The van der Waals surface area contributed by atoms with Crippen molar-refractivity contribution in [2.45, 2.75) is 6.92 Å². The van der Waals surface area contributed by atoms with Crippen molar-refractivity contribution in [3.8, 4) is 27.5 Å². The highest BCUT2D eigenvalue weighted by Crippen LogP contribution is 2.27. The van der Waals surface area contributed by atoms with Crippen molar-refractivity contribution in [1.82, 2.24) is 20.0 Å². The van der Waals surface area contributed by atoms with E-state index in [2.05, 4.69) is 45.8 Å². The van der Waals surface area contributed by atoms with Gasteiger partial charge in [0.25, 0.3) is 0 Å². The molecule has 0 atom stereocenters. The molecule has 4 nitrogen and oxygen atoms in total. The Morgan fingerprint density at radius 2 is 1.87 bits per heavy atom. The third kappa shape index (κ3) is 2.66. The van der Waals surface area contributed by atoms with Crippen LogP contribution in [0.3, 0.4) is 0 Å². The van der Waals surface area contributed by atoms with Crippen molar-refractivity contribution in [1.29, 1.82) is 0 Å². The van der Waals surface area contributed by atoms with Crippen LogP contribution in [0, 0.1) is 6.92 Å². The van der Waals surface area contributed by atoms with E-state index in [9.17, 15) is 0 Å². The minimum absolute atomic E-state index is 0.885. The van der Waals surface area contributed by atoms with Gasteiger partial charge in [0.2, 0.25) is 0 Å². The van der Waals surface area contributed by atoms with Gasteiger partial charge < -0.3 is 0 Å². The molecule has 1 aromatic carbocycles. The van der Waals surface area contributed by atoms with Crippen LogP contribution in [0.25, 0.3) is 27.5 Å². The van der Waals surface area contributed by atoms with Gasteiger partial charge in [0.15, 0.2) is 0 Å². The van der Waals surface area contributed by atoms with E-state index >= 15 is 0 Å². The molecule has 0 aliphatic heterocycles. The number of rotatable bonds is 3. The fourth-order valence-electron chi connectivity index (χ4n) is 2.47. The molecule has 0 aliphatic carbocycles. The van der Waals surface area contributed by atoms with Gasteiger partial charge >= 0.3 is 0 Å². The molecule has 0 amide bonds. The Morgan fingerprint density at radius 1 is 1.00 bits per heavy atom. The van der Waals surface area contributed by atoms with E-state index in [-0.39, 0.29) is 0 Å². The zero-order valence-electron chi connectivity index (χ0n) is 12.5. The minimum Gasteiger partial charge on any atom is -0.256 e. The van der Waals surface area contributed by atoms with Crippen molar-refractivity contribution in [2.24, 2.45) is 0 Å². The summed E-state index contributed by atoms with van der Waals surface area (Å²) >= 11 is 1.63. The third-order valence-electron chi connectivity index (χ3n) is 3.69. The zero-order chi connectivity index (χ0) is 15.6. The summed E-state index contributed by atoms with van der Waals surface area (Å²) in [6.45, 7) is 2.08. The lowest BCUT2D eigenvalue weighted by Gasteiger charge is -1.99. The predicted octanol–water partition coefficient (Wildman–Crippen LogP) is 4.37. The number of thiophene rings is 1. The largest absolute Gasteiger partial charge is 0.256 e. The molecule has 112 valence electrons. The molecule has 3 aromatic heterocycles. The van der Waals surface area contributed by atoms with E-state index in [1.807, 2.05) is 41.2 Å². The lowest BCUT2D eigenvalue weighted by Crippen LogP contribution is -1.90. The molecule has 0 saturated heterocycles. The summed E-state index contributed by atoms with van der Waals surface area (Å²) in [5, 5.41) is 11.7. The van der Waals surface area contributed by atoms with Gasteiger partial charge in [-0.2, -0.15) is 0 Å². The Bertz CT molecular complexity index is 940. The summed E-state index contributed by atoms with van der Waals surface area (Å²) < 4.78 is 1.82. The third-order valence-corrected chi connectivity index (χ3v) is 4.60. The SMILES string of the molecule is Cc1ccccc1-c1cn(-c2cc(-c3ccccn3)cs2)nn1. The van der Waals surface area contributed by atoms with Crippen molar-refractivity contribution < 1.29 is 0 Å². The zero-order valence-corrected chi connectivity index (χ0v) is 13.4. The molecular weight excluding hydrogens is 304 g/mol. The maximum atomic E-state index is 4.38. The second-order valence-electron chi connectivity index (χ2n) is 5.25. The van der Waals surface area contributed by atoms with Crippen LogP contribution < -0.4 is 0 Å². The molecule has 3 heterocycles. The van der Waals surface area contributed by atoms with Gasteiger partial charge in [-0.3, -0.25) is 4.98 Å². The molecule has 23 heavy (non-hydrogen) atoms. The highest BCUT2D eigenvalue weighted by molar-refractivity contribution is 7.13. The van der Waals surface area contributed by atoms with Crippen LogP contribution in [-0.4, -0.2) is 20.0 Å². The minimum atomic E-state index is 0.885. The second kappa shape index (κ2) is 5.78. The Hall–Kier alpha value is -2.79. The number of aromatic nitrogens is 4. The molecule has 0 fully saturated rings. The van der Waals surface area contributed by atoms with E-state index < -0.39 is 0 Å². The molecule has 0 aliphatic rings. The van der Waals surface area contributed by atoms with E-state index in [1.54, 1.807) is 17.5 Å². The maximum Gasteiger partial charge on any atom is 0.120 e. The molecule has 0 radical (unpaired) electrons. The summed E-state index contributed by atoms with van der Waals surface area (Å²) in [6, 6.07) is 16.2. The topological polar surface area (TPSA) is 43.6 Å². The van der Waals surface area contributed by atoms with Gasteiger partial charge in [0.05, 0.1) is 11.9 Å². The van der Waals surface area contributed by atoms with Crippen LogP contribution in [0.15, 0.2) is 66.3 Å². The number of aryl methyl sites for hydroxylation is 1. The van der Waals surface area contributed by atoms with E-state index in [1.165, 1.54) is 5.56 Å². The van der Waals surface area contributed by atoms with Crippen LogP contribution in [0.2, 0.25) is 0 Å². The van der Waals surface area contributed by atoms with E-state index in [4.69, 9.17) is 0 Å². The van der Waals surface area contributed by atoms with Crippen LogP contribution in [0.1, 0.15) is 5.56 Å². The highest BCUT2D eigenvalue weighted by atomic mass is 32.1. The van der Waals surface area contributed by atoms with Crippen LogP contribution in [-0.2, 0) is 0 Å². The molecule has 5 heteroatoms. The van der Waals surface area contributed by atoms with Gasteiger partial charge in [0, 0.05) is 22.7 Å². The lowest BCUT2D eigenvalue weighted by atomic mass is 10.1. The summed E-state index contributed by atoms with van der Waals surface area (Å²) in [5.74, 6) is 0. The molecule has 0 N–H and O–H groups in total. The van der Waals surface area contributed by atoms with Crippen molar-refractivity contribution >= 4 is 11.3 Å².